The number of rotatable bonds is 6. The summed E-state index contributed by atoms with van der Waals surface area (Å²) < 4.78 is 1.43. The van der Waals surface area contributed by atoms with Gasteiger partial charge >= 0.3 is 6.03 Å². The molecular formula is C21H20N6O3. The molecule has 2 aromatic carbocycles. The van der Waals surface area contributed by atoms with Crippen LogP contribution in [0, 0.1) is 0 Å². The molecule has 1 aromatic heterocycles. The molecule has 1 fully saturated rings. The second-order valence-corrected chi connectivity index (χ2v) is 7.07. The third kappa shape index (κ3) is 4.14. The number of hydrogen-bond donors (Lipinski definition) is 4. The number of amides is 4. The number of carbonyl (C=O) groups excluding carboxylic acids is 3. The van der Waals surface area contributed by atoms with Crippen molar-refractivity contribution in [3.8, 4) is 16.8 Å². The van der Waals surface area contributed by atoms with Crippen LogP contribution in [0.15, 0.2) is 54.7 Å². The van der Waals surface area contributed by atoms with Gasteiger partial charge in [0.15, 0.2) is 5.69 Å². The van der Waals surface area contributed by atoms with E-state index < -0.39 is 11.9 Å². The van der Waals surface area contributed by atoms with Crippen LogP contribution in [0.5, 0.6) is 0 Å². The minimum atomic E-state index is -0.827. The lowest BCUT2D eigenvalue weighted by molar-refractivity contribution is 0.0949. The first-order valence-corrected chi connectivity index (χ1v) is 9.38. The van der Waals surface area contributed by atoms with E-state index in [0.717, 1.165) is 24.0 Å². The first-order chi connectivity index (χ1) is 14.4. The van der Waals surface area contributed by atoms with Gasteiger partial charge < -0.3 is 22.1 Å². The van der Waals surface area contributed by atoms with Crippen molar-refractivity contribution >= 4 is 23.5 Å². The molecule has 1 saturated carbocycles. The normalized spacial score (nSPS) is 12.9. The Morgan fingerprint density at radius 2 is 1.70 bits per heavy atom. The Hall–Kier alpha value is -4.14. The fraction of sp³-hybridized carbons (Fsp3) is 0.143. The van der Waals surface area contributed by atoms with Gasteiger partial charge in [0.25, 0.3) is 11.8 Å². The van der Waals surface area contributed by atoms with Gasteiger partial charge in [0.05, 0.1) is 17.6 Å². The Morgan fingerprint density at radius 3 is 2.37 bits per heavy atom. The predicted octanol–water partition coefficient (Wildman–Crippen LogP) is 2.02. The number of carbonyl (C=O) groups is 3. The number of nitrogens with one attached hydrogen (secondary N) is 2. The standard InChI is InChI=1S/C21H20N6O3/c22-19(28)18-17(25-21(23)30)11-27(26-18)16-6-2-4-13(10-16)12-3-1-5-14(9-12)20(29)24-15-7-8-15/h1-6,9-11,15H,7-8H2,(H2,22,28)(H,24,29)(H3,23,25,30). The van der Waals surface area contributed by atoms with Crippen molar-refractivity contribution < 1.29 is 14.4 Å². The number of anilines is 1. The molecule has 4 rings (SSSR count). The molecule has 0 saturated heterocycles. The van der Waals surface area contributed by atoms with Crippen molar-refractivity contribution in [2.75, 3.05) is 5.32 Å². The van der Waals surface area contributed by atoms with Gasteiger partial charge in [0, 0.05) is 11.6 Å². The Kier molecular flexibility index (Phi) is 4.93. The Labute approximate surface area is 172 Å². The average molecular weight is 404 g/mol. The molecular weight excluding hydrogens is 384 g/mol. The summed E-state index contributed by atoms with van der Waals surface area (Å²) in [4.78, 5) is 35.2. The third-order valence-corrected chi connectivity index (χ3v) is 4.69. The molecule has 6 N–H and O–H groups in total. The molecule has 30 heavy (non-hydrogen) atoms. The largest absolute Gasteiger partial charge is 0.364 e. The van der Waals surface area contributed by atoms with E-state index in [9.17, 15) is 14.4 Å². The third-order valence-electron chi connectivity index (χ3n) is 4.69. The summed E-state index contributed by atoms with van der Waals surface area (Å²) in [5.74, 6) is -0.876. The van der Waals surface area contributed by atoms with E-state index in [2.05, 4.69) is 15.7 Å². The molecule has 3 aromatic rings. The fourth-order valence-corrected chi connectivity index (χ4v) is 3.08. The molecule has 4 amide bonds. The lowest BCUT2D eigenvalue weighted by atomic mass is 10.0. The zero-order valence-corrected chi connectivity index (χ0v) is 16.0. The highest BCUT2D eigenvalue weighted by atomic mass is 16.2. The highest BCUT2D eigenvalue weighted by Gasteiger charge is 2.24. The van der Waals surface area contributed by atoms with Gasteiger partial charge in [-0.1, -0.05) is 24.3 Å². The molecule has 152 valence electrons. The van der Waals surface area contributed by atoms with Crippen LogP contribution in [-0.2, 0) is 0 Å². The number of nitrogens with zero attached hydrogens (tertiary/aromatic N) is 2. The first kappa shape index (κ1) is 19.2. The Morgan fingerprint density at radius 1 is 1.00 bits per heavy atom. The van der Waals surface area contributed by atoms with Gasteiger partial charge in [-0.2, -0.15) is 5.10 Å². The number of primary amides is 2. The molecule has 0 radical (unpaired) electrons. The summed E-state index contributed by atoms with van der Waals surface area (Å²) in [6.07, 6.45) is 3.51. The van der Waals surface area contributed by atoms with Crippen molar-refractivity contribution in [3.63, 3.8) is 0 Å². The van der Waals surface area contributed by atoms with Crippen molar-refractivity contribution in [1.82, 2.24) is 15.1 Å². The van der Waals surface area contributed by atoms with Gasteiger partial charge in [0.2, 0.25) is 0 Å². The summed E-state index contributed by atoms with van der Waals surface area (Å²) in [5, 5.41) is 9.48. The van der Waals surface area contributed by atoms with Gasteiger partial charge in [-0.25, -0.2) is 9.48 Å². The molecule has 1 heterocycles. The maximum atomic E-state index is 12.3. The number of nitrogens with two attached hydrogens (primary N) is 2. The minimum absolute atomic E-state index is 0.0872. The SMILES string of the molecule is NC(=O)Nc1cn(-c2cccc(-c3cccc(C(=O)NC4CC4)c3)c2)nc1C(N)=O. The van der Waals surface area contributed by atoms with E-state index in [1.165, 1.54) is 10.9 Å². The van der Waals surface area contributed by atoms with E-state index in [4.69, 9.17) is 11.5 Å². The summed E-state index contributed by atoms with van der Waals surface area (Å²) in [5.41, 5.74) is 13.5. The Bertz CT molecular complexity index is 1150. The van der Waals surface area contributed by atoms with Crippen molar-refractivity contribution in [2.24, 2.45) is 11.5 Å². The average Bonchev–Trinajstić information content (AvgIpc) is 3.44. The first-order valence-electron chi connectivity index (χ1n) is 9.38. The molecule has 0 aliphatic heterocycles. The maximum absolute atomic E-state index is 12.3. The zero-order valence-electron chi connectivity index (χ0n) is 16.0. The highest BCUT2D eigenvalue weighted by Crippen LogP contribution is 2.25. The lowest BCUT2D eigenvalue weighted by Crippen LogP contribution is -2.25. The quantitative estimate of drug-likeness (QED) is 0.498. The van der Waals surface area contributed by atoms with Crippen LogP contribution in [0.1, 0.15) is 33.7 Å². The second kappa shape index (κ2) is 7.70. The van der Waals surface area contributed by atoms with E-state index in [-0.39, 0.29) is 23.3 Å². The molecule has 1 aliphatic rings. The number of urea groups is 1. The summed E-state index contributed by atoms with van der Waals surface area (Å²) in [6.45, 7) is 0. The van der Waals surface area contributed by atoms with Gasteiger partial charge in [-0.05, 0) is 48.2 Å². The molecule has 0 atom stereocenters. The number of aromatic nitrogens is 2. The lowest BCUT2D eigenvalue weighted by Gasteiger charge is -2.08. The second-order valence-electron chi connectivity index (χ2n) is 7.07. The maximum Gasteiger partial charge on any atom is 0.316 e. The predicted molar refractivity (Wildman–Crippen MR) is 111 cm³/mol. The van der Waals surface area contributed by atoms with Crippen molar-refractivity contribution in [3.05, 3.63) is 66.0 Å². The topological polar surface area (TPSA) is 145 Å². The number of benzene rings is 2. The smallest absolute Gasteiger partial charge is 0.316 e. The Balaban J connectivity index is 1.66. The fourth-order valence-electron chi connectivity index (χ4n) is 3.08. The summed E-state index contributed by atoms with van der Waals surface area (Å²) in [7, 11) is 0. The van der Waals surface area contributed by atoms with Crippen LogP contribution in [0.25, 0.3) is 16.8 Å². The van der Waals surface area contributed by atoms with E-state index >= 15 is 0 Å². The molecule has 9 heteroatoms. The molecule has 0 unspecified atom stereocenters. The zero-order chi connectivity index (χ0) is 21.3. The van der Waals surface area contributed by atoms with Gasteiger partial charge in [-0.3, -0.25) is 9.59 Å². The van der Waals surface area contributed by atoms with E-state index in [0.29, 0.717) is 11.3 Å². The minimum Gasteiger partial charge on any atom is -0.364 e. The molecule has 1 aliphatic carbocycles. The van der Waals surface area contributed by atoms with Crippen LogP contribution in [-0.4, -0.2) is 33.7 Å². The van der Waals surface area contributed by atoms with Crippen LogP contribution in [0.3, 0.4) is 0 Å². The molecule has 0 bridgehead atoms. The van der Waals surface area contributed by atoms with Crippen LogP contribution in [0.4, 0.5) is 10.5 Å². The van der Waals surface area contributed by atoms with Crippen LogP contribution in [0.2, 0.25) is 0 Å². The summed E-state index contributed by atoms with van der Waals surface area (Å²) in [6, 6.07) is 14.2. The van der Waals surface area contributed by atoms with E-state index in [1.807, 2.05) is 36.4 Å². The van der Waals surface area contributed by atoms with E-state index in [1.54, 1.807) is 12.1 Å². The number of hydrogen-bond acceptors (Lipinski definition) is 4. The highest BCUT2D eigenvalue weighted by molar-refractivity contribution is 6.00. The monoisotopic (exact) mass is 404 g/mol. The van der Waals surface area contributed by atoms with Gasteiger partial charge in [-0.15, -0.1) is 0 Å². The van der Waals surface area contributed by atoms with Crippen LogP contribution >= 0.6 is 0 Å². The molecule has 0 spiro atoms. The van der Waals surface area contributed by atoms with Crippen molar-refractivity contribution in [1.29, 1.82) is 0 Å². The van der Waals surface area contributed by atoms with Gasteiger partial charge in [0.1, 0.15) is 0 Å². The van der Waals surface area contributed by atoms with Crippen molar-refractivity contribution in [2.45, 2.75) is 18.9 Å². The molecule has 9 nitrogen and oxygen atoms in total. The van der Waals surface area contributed by atoms with Crippen LogP contribution < -0.4 is 22.1 Å². The summed E-state index contributed by atoms with van der Waals surface area (Å²) >= 11 is 0.